The predicted octanol–water partition coefficient (Wildman–Crippen LogP) is 1.44. The van der Waals surface area contributed by atoms with Gasteiger partial charge in [-0.05, 0) is 30.7 Å². The highest BCUT2D eigenvalue weighted by atomic mass is 35.5. The topological polar surface area (TPSA) is 140 Å². The molecule has 0 saturated carbocycles. The van der Waals surface area contributed by atoms with E-state index in [0.29, 0.717) is 54.9 Å². The number of carbonyl (C=O) groups excluding carboxylic acids is 1. The van der Waals surface area contributed by atoms with Gasteiger partial charge >= 0.3 is 0 Å². The number of nitrogens with zero attached hydrogens (tertiary/aromatic N) is 1. The van der Waals surface area contributed by atoms with Crippen LogP contribution in [0.5, 0.6) is 5.75 Å². The van der Waals surface area contributed by atoms with Crippen molar-refractivity contribution in [3.8, 4) is 5.75 Å². The van der Waals surface area contributed by atoms with Gasteiger partial charge in [-0.3, -0.25) is 9.69 Å². The fourth-order valence-electron chi connectivity index (χ4n) is 3.22. The monoisotopic (exact) mass is 457 g/mol. The van der Waals surface area contributed by atoms with Gasteiger partial charge in [0, 0.05) is 32.2 Å². The lowest BCUT2D eigenvalue weighted by molar-refractivity contribution is -0.0292. The number of ether oxygens (including phenoxy) is 2. The van der Waals surface area contributed by atoms with Crippen LogP contribution in [-0.2, 0) is 11.3 Å². The Morgan fingerprint density at radius 1 is 1.32 bits per heavy atom. The molecule has 1 amide bonds. The van der Waals surface area contributed by atoms with Gasteiger partial charge in [-0.1, -0.05) is 23.7 Å². The number of nitrogens with two attached hydrogens (primary N) is 1. The van der Waals surface area contributed by atoms with Crippen LogP contribution in [0, 0.1) is 5.82 Å². The molecule has 8 nitrogen and oxygen atoms in total. The summed E-state index contributed by atoms with van der Waals surface area (Å²) in [6.45, 7) is 5.31. The Morgan fingerprint density at radius 3 is 2.71 bits per heavy atom. The number of carbonyl (C=O) groups is 1. The molecule has 2 aromatic carbocycles. The minimum absolute atomic E-state index is 0. The molecule has 10 heteroatoms. The van der Waals surface area contributed by atoms with E-state index >= 15 is 0 Å². The maximum atomic E-state index is 13.1. The summed E-state index contributed by atoms with van der Waals surface area (Å²) in [4.78, 5) is 14.9. The van der Waals surface area contributed by atoms with Gasteiger partial charge in [0.15, 0.2) is 0 Å². The van der Waals surface area contributed by atoms with Crippen LogP contribution in [0.4, 0.5) is 10.1 Å². The minimum Gasteiger partial charge on any atom is -0.493 e. The Hall–Kier alpha value is -2.43. The molecule has 172 valence electrons. The summed E-state index contributed by atoms with van der Waals surface area (Å²) in [7, 11) is 0. The molecule has 2 aromatic rings. The molecular weight excluding hydrogens is 429 g/mol. The number of anilines is 1. The van der Waals surface area contributed by atoms with Crippen LogP contribution in [0.2, 0.25) is 5.02 Å². The Morgan fingerprint density at radius 2 is 2.03 bits per heavy atom. The summed E-state index contributed by atoms with van der Waals surface area (Å²) in [5.41, 5.74) is 7.54. The number of morpholine rings is 1. The molecule has 0 aliphatic carbocycles. The van der Waals surface area contributed by atoms with Gasteiger partial charge in [-0.25, -0.2) is 4.39 Å². The predicted molar refractivity (Wildman–Crippen MR) is 118 cm³/mol. The van der Waals surface area contributed by atoms with Crippen molar-refractivity contribution in [3.63, 3.8) is 0 Å². The van der Waals surface area contributed by atoms with Crippen molar-refractivity contribution >= 4 is 23.2 Å². The number of nitrogen functional groups attached to an aromatic ring is 1. The summed E-state index contributed by atoms with van der Waals surface area (Å²) in [5.74, 6) is -0.144. The van der Waals surface area contributed by atoms with Crippen molar-refractivity contribution in [1.82, 2.24) is 10.2 Å². The molecule has 1 aliphatic heterocycles. The van der Waals surface area contributed by atoms with Gasteiger partial charge in [0.05, 0.1) is 35.6 Å². The first-order chi connectivity index (χ1) is 14.0. The van der Waals surface area contributed by atoms with E-state index < -0.39 is 0 Å². The SMILES string of the molecule is CCOc1cc(N)c(Cl)cc1C(=O)NCC1CN(Cc2ccc(F)cc2)CCO1.O.O. The van der Waals surface area contributed by atoms with Crippen molar-refractivity contribution in [2.24, 2.45) is 0 Å². The second kappa shape index (κ2) is 12.4. The molecule has 0 spiro atoms. The van der Waals surface area contributed by atoms with Crippen molar-refractivity contribution < 1.29 is 29.6 Å². The average molecular weight is 458 g/mol. The van der Waals surface area contributed by atoms with Crippen LogP contribution < -0.4 is 15.8 Å². The van der Waals surface area contributed by atoms with Gasteiger partial charge in [-0.2, -0.15) is 0 Å². The lowest BCUT2D eigenvalue weighted by Crippen LogP contribution is -2.47. The van der Waals surface area contributed by atoms with E-state index in [4.69, 9.17) is 26.8 Å². The first-order valence-corrected chi connectivity index (χ1v) is 9.92. The number of hydrogen-bond donors (Lipinski definition) is 2. The van der Waals surface area contributed by atoms with Gasteiger partial charge in [0.2, 0.25) is 0 Å². The zero-order valence-corrected chi connectivity index (χ0v) is 18.0. The Labute approximate surface area is 185 Å². The number of halogens is 2. The molecule has 1 fully saturated rings. The number of nitrogens with one attached hydrogen (secondary N) is 1. The summed E-state index contributed by atoms with van der Waals surface area (Å²) in [6, 6.07) is 9.55. The van der Waals surface area contributed by atoms with Gasteiger partial charge in [0.25, 0.3) is 5.91 Å². The van der Waals surface area contributed by atoms with Crippen LogP contribution >= 0.6 is 11.6 Å². The van der Waals surface area contributed by atoms with Crippen molar-refractivity contribution in [3.05, 3.63) is 58.4 Å². The van der Waals surface area contributed by atoms with Crippen LogP contribution in [0.3, 0.4) is 0 Å². The molecule has 0 radical (unpaired) electrons. The highest BCUT2D eigenvalue weighted by Crippen LogP contribution is 2.29. The van der Waals surface area contributed by atoms with Gasteiger partial charge in [0.1, 0.15) is 11.6 Å². The smallest absolute Gasteiger partial charge is 0.255 e. The normalized spacial score (nSPS) is 16.0. The molecular formula is C21H29ClFN3O5. The molecule has 1 aliphatic rings. The fourth-order valence-corrected chi connectivity index (χ4v) is 3.38. The second-order valence-electron chi connectivity index (χ2n) is 6.87. The Bertz CT molecular complexity index is 854. The summed E-state index contributed by atoms with van der Waals surface area (Å²) < 4.78 is 24.4. The van der Waals surface area contributed by atoms with E-state index in [1.54, 1.807) is 18.2 Å². The van der Waals surface area contributed by atoms with Crippen molar-refractivity contribution in [2.45, 2.75) is 19.6 Å². The van der Waals surface area contributed by atoms with Gasteiger partial charge in [-0.15, -0.1) is 0 Å². The molecule has 31 heavy (non-hydrogen) atoms. The highest BCUT2D eigenvalue weighted by Gasteiger charge is 2.22. The molecule has 1 atom stereocenters. The third-order valence-corrected chi connectivity index (χ3v) is 5.00. The van der Waals surface area contributed by atoms with Gasteiger partial charge < -0.3 is 31.5 Å². The zero-order chi connectivity index (χ0) is 20.8. The standard InChI is InChI=1S/C21H25ClFN3O3.2H2O/c1-2-28-20-10-19(24)18(22)9-17(20)21(27)25-11-16-13-26(7-8-29-16)12-14-3-5-15(23)6-4-14;;/h3-6,9-10,16H,2,7-8,11-13,24H2,1H3,(H,25,27);2*1H2. The number of hydrogen-bond acceptors (Lipinski definition) is 5. The summed E-state index contributed by atoms with van der Waals surface area (Å²) in [5, 5.41) is 3.19. The fraction of sp³-hybridized carbons (Fsp3) is 0.381. The third-order valence-electron chi connectivity index (χ3n) is 4.68. The van der Waals surface area contributed by atoms with E-state index in [-0.39, 0.29) is 28.8 Å². The highest BCUT2D eigenvalue weighted by molar-refractivity contribution is 6.33. The number of amides is 1. The average Bonchev–Trinajstić information content (AvgIpc) is 2.71. The first kappa shape index (κ1) is 26.6. The molecule has 1 heterocycles. The first-order valence-electron chi connectivity index (χ1n) is 9.54. The quantitative estimate of drug-likeness (QED) is 0.605. The largest absolute Gasteiger partial charge is 0.493 e. The third kappa shape index (κ3) is 7.34. The van der Waals surface area contributed by atoms with E-state index in [0.717, 1.165) is 12.1 Å². The van der Waals surface area contributed by atoms with Crippen LogP contribution in [0.1, 0.15) is 22.8 Å². The molecule has 1 unspecified atom stereocenters. The Balaban J connectivity index is 0.00000240. The maximum absolute atomic E-state index is 13.1. The number of benzene rings is 2. The Kier molecular flexibility index (Phi) is 10.7. The number of rotatable bonds is 7. The molecule has 3 rings (SSSR count). The van der Waals surface area contributed by atoms with Crippen molar-refractivity contribution in [1.29, 1.82) is 0 Å². The van der Waals surface area contributed by atoms with Crippen LogP contribution in [-0.4, -0.2) is 60.7 Å². The van der Waals surface area contributed by atoms with Crippen LogP contribution in [0.25, 0.3) is 0 Å². The molecule has 0 bridgehead atoms. The summed E-state index contributed by atoms with van der Waals surface area (Å²) in [6.07, 6.45) is -0.145. The molecule has 7 N–H and O–H groups in total. The second-order valence-corrected chi connectivity index (χ2v) is 7.27. The lowest BCUT2D eigenvalue weighted by Gasteiger charge is -2.33. The van der Waals surface area contributed by atoms with Crippen molar-refractivity contribution in [2.75, 3.05) is 38.6 Å². The maximum Gasteiger partial charge on any atom is 0.255 e. The van der Waals surface area contributed by atoms with Crippen LogP contribution in [0.15, 0.2) is 36.4 Å². The molecule has 0 aromatic heterocycles. The zero-order valence-electron chi connectivity index (χ0n) is 17.3. The summed E-state index contributed by atoms with van der Waals surface area (Å²) >= 11 is 6.07. The molecule has 1 saturated heterocycles. The minimum atomic E-state index is -0.297. The van der Waals surface area contributed by atoms with E-state index in [9.17, 15) is 9.18 Å². The van der Waals surface area contributed by atoms with E-state index in [1.165, 1.54) is 18.2 Å². The van der Waals surface area contributed by atoms with E-state index in [1.807, 2.05) is 6.92 Å². The lowest BCUT2D eigenvalue weighted by atomic mass is 10.1. The van der Waals surface area contributed by atoms with E-state index in [2.05, 4.69) is 10.2 Å².